The third-order valence-corrected chi connectivity index (χ3v) is 20.7. The second-order valence-corrected chi connectivity index (χ2v) is 27.9. The summed E-state index contributed by atoms with van der Waals surface area (Å²) < 4.78 is 21.7. The minimum atomic E-state index is -0.426. The molecule has 1 saturated heterocycles. The van der Waals surface area contributed by atoms with Crippen LogP contribution in [-0.4, -0.2) is 76.1 Å². The molecule has 21 rings (SSSR count). The van der Waals surface area contributed by atoms with Gasteiger partial charge in [0.2, 0.25) is 17.2 Å². The Kier molecular flexibility index (Phi) is 15.5. The zero-order chi connectivity index (χ0) is 71.2. The van der Waals surface area contributed by atoms with E-state index in [-0.39, 0.29) is 5.28 Å². The molecule has 106 heavy (non-hydrogen) atoms. The maximum atomic E-state index is 6.39. The average Bonchev–Trinajstić information content (AvgIpc) is 1.55. The van der Waals surface area contributed by atoms with Gasteiger partial charge in [0.25, 0.3) is 0 Å². The molecule has 0 amide bonds. The summed E-state index contributed by atoms with van der Waals surface area (Å²) >= 11 is 6.03. The maximum absolute atomic E-state index is 6.39. The SMILES string of the molecule is CC1(C)OB(c2ccc3c(c2)c2ccccc2n3-c2nc3ccccc3c3nc4ccccc4n23)OC1(C)C.Clc1nc(-c2ccccc2)cc(-c2ccccc2)n1.c1ccc(-c2cc(-c3ccccc3)nc(-c3ccc4c(c3)c3ccccc3n4-c3nc4ccccc4c4nc5ccccc5n34)n2)cc1. The minimum Gasteiger partial charge on any atom is -0.399 e. The molecule has 506 valence electrons. The first-order valence-electron chi connectivity index (χ1n) is 35.4. The van der Waals surface area contributed by atoms with Crippen molar-refractivity contribution in [3.05, 3.63) is 321 Å². The van der Waals surface area contributed by atoms with Crippen molar-refractivity contribution in [3.63, 3.8) is 0 Å². The number of aromatic nitrogens is 12. The van der Waals surface area contributed by atoms with Gasteiger partial charge in [-0.25, -0.2) is 39.9 Å². The van der Waals surface area contributed by atoms with E-state index in [0.717, 1.165) is 167 Å². The fourth-order valence-corrected chi connectivity index (χ4v) is 14.8. The van der Waals surface area contributed by atoms with Gasteiger partial charge in [-0.2, -0.15) is 0 Å². The number of hydrogen-bond acceptors (Lipinski definition) is 10. The first-order chi connectivity index (χ1) is 51.9. The number of benzene rings is 12. The molecule has 12 aromatic carbocycles. The molecular weight excluding hydrogens is 1330 g/mol. The molecule has 20 aromatic rings. The first-order valence-corrected chi connectivity index (χ1v) is 35.7. The van der Waals surface area contributed by atoms with Crippen molar-refractivity contribution >= 4 is 123 Å². The summed E-state index contributed by atoms with van der Waals surface area (Å²) in [4.78, 5) is 39.5. The number of para-hydroxylation sites is 8. The van der Waals surface area contributed by atoms with Crippen LogP contribution in [0.1, 0.15) is 27.7 Å². The Morgan fingerprint density at radius 1 is 0.283 bits per heavy atom. The van der Waals surface area contributed by atoms with E-state index < -0.39 is 18.3 Å². The maximum Gasteiger partial charge on any atom is 0.494 e. The van der Waals surface area contributed by atoms with Crippen molar-refractivity contribution in [2.75, 3.05) is 0 Å². The van der Waals surface area contributed by atoms with Gasteiger partial charge in [-0.15, -0.1) is 0 Å². The van der Waals surface area contributed by atoms with Gasteiger partial charge in [0.1, 0.15) is 11.3 Å². The van der Waals surface area contributed by atoms with Crippen LogP contribution in [0.4, 0.5) is 0 Å². The largest absolute Gasteiger partial charge is 0.494 e. The third kappa shape index (κ3) is 11.1. The molecule has 0 spiro atoms. The molecule has 1 aliphatic heterocycles. The highest BCUT2D eigenvalue weighted by molar-refractivity contribution is 6.62. The molecule has 0 atom stereocenters. The van der Waals surface area contributed by atoms with Gasteiger partial charge < -0.3 is 9.31 Å². The number of rotatable bonds is 8. The summed E-state index contributed by atoms with van der Waals surface area (Å²) in [6.45, 7) is 8.35. The molecule has 16 heteroatoms. The number of imidazole rings is 2. The van der Waals surface area contributed by atoms with E-state index in [0.29, 0.717) is 5.82 Å². The van der Waals surface area contributed by atoms with Gasteiger partial charge in [-0.3, -0.25) is 17.9 Å². The lowest BCUT2D eigenvalue weighted by molar-refractivity contribution is 0.00578. The molecule has 0 unspecified atom stereocenters. The molecule has 0 bridgehead atoms. The van der Waals surface area contributed by atoms with Crippen LogP contribution in [0.25, 0.3) is 167 Å². The molecular formula is C90H64BClN12O2. The van der Waals surface area contributed by atoms with Gasteiger partial charge in [-0.1, -0.05) is 218 Å². The first kappa shape index (κ1) is 63.8. The van der Waals surface area contributed by atoms with Crippen molar-refractivity contribution in [2.24, 2.45) is 0 Å². The lowest BCUT2D eigenvalue weighted by Gasteiger charge is -2.32. The van der Waals surface area contributed by atoms with Gasteiger partial charge >= 0.3 is 7.12 Å². The summed E-state index contributed by atoms with van der Waals surface area (Å²) in [5.74, 6) is 2.29. The van der Waals surface area contributed by atoms with Crippen molar-refractivity contribution in [3.8, 4) is 68.3 Å². The third-order valence-electron chi connectivity index (χ3n) is 20.5. The fourth-order valence-electron chi connectivity index (χ4n) is 14.6. The van der Waals surface area contributed by atoms with E-state index in [1.807, 2.05) is 140 Å². The van der Waals surface area contributed by atoms with Gasteiger partial charge in [0, 0.05) is 60.1 Å². The van der Waals surface area contributed by atoms with E-state index in [2.05, 4.69) is 232 Å². The monoisotopic (exact) mass is 1390 g/mol. The van der Waals surface area contributed by atoms with Crippen LogP contribution in [0.5, 0.6) is 0 Å². The lowest BCUT2D eigenvalue weighted by atomic mass is 9.78. The van der Waals surface area contributed by atoms with Crippen LogP contribution >= 0.6 is 11.6 Å². The van der Waals surface area contributed by atoms with E-state index in [1.54, 1.807) is 0 Å². The fraction of sp³-hybridized carbons (Fsp3) is 0.0667. The van der Waals surface area contributed by atoms with Crippen LogP contribution in [0.3, 0.4) is 0 Å². The lowest BCUT2D eigenvalue weighted by Crippen LogP contribution is -2.41. The highest BCUT2D eigenvalue weighted by Crippen LogP contribution is 2.41. The predicted octanol–water partition coefficient (Wildman–Crippen LogP) is 20.8. The van der Waals surface area contributed by atoms with Crippen LogP contribution in [0, 0.1) is 0 Å². The topological polar surface area (TPSA) is 140 Å². The number of hydrogen-bond donors (Lipinski definition) is 0. The van der Waals surface area contributed by atoms with Crippen LogP contribution in [0.15, 0.2) is 315 Å². The Morgan fingerprint density at radius 3 is 1.06 bits per heavy atom. The molecule has 1 fully saturated rings. The van der Waals surface area contributed by atoms with Crippen LogP contribution in [0.2, 0.25) is 5.28 Å². The molecule has 8 aromatic heterocycles. The number of fused-ring (bicyclic) bond motifs is 16. The normalized spacial score (nSPS) is 13.4. The van der Waals surface area contributed by atoms with Crippen molar-refractivity contribution < 1.29 is 9.31 Å². The van der Waals surface area contributed by atoms with Gasteiger partial charge in [0.15, 0.2) is 5.82 Å². The highest BCUT2D eigenvalue weighted by atomic mass is 35.5. The van der Waals surface area contributed by atoms with E-state index in [9.17, 15) is 0 Å². The van der Waals surface area contributed by atoms with E-state index in [4.69, 9.17) is 50.8 Å². The van der Waals surface area contributed by atoms with E-state index in [1.165, 1.54) is 0 Å². The van der Waals surface area contributed by atoms with Crippen molar-refractivity contribution in [2.45, 2.75) is 38.9 Å². The zero-order valence-corrected chi connectivity index (χ0v) is 58.9. The molecule has 0 aliphatic carbocycles. The van der Waals surface area contributed by atoms with Crippen molar-refractivity contribution in [1.82, 2.24) is 57.8 Å². The molecule has 0 radical (unpaired) electrons. The zero-order valence-electron chi connectivity index (χ0n) is 58.2. The summed E-state index contributed by atoms with van der Waals surface area (Å²) in [5.41, 5.74) is 20.5. The Hall–Kier alpha value is -13.0. The molecule has 0 N–H and O–H groups in total. The van der Waals surface area contributed by atoms with Crippen molar-refractivity contribution in [1.29, 1.82) is 0 Å². The Balaban J connectivity index is 0.000000118. The standard InChI is InChI=1S/C42H26N6.C32H27BN4O2.C16H11ClN2/c1-3-13-27(14-4-1)35-26-36(28-15-5-2-6-16-28)44-40(43-35)29-23-24-38-32(25-29)30-17-8-11-21-37(30)47(38)42-46-33-19-9-7-18-31(33)41-45-34-20-10-12-22-39(34)48(41)42;1-31(2)32(3,4)39-33(38-31)20-17-18-27-23(19-20)21-11-6-9-15-26(21)36(27)30-35-24-13-7-5-12-22(24)29-34-25-14-8-10-16-28(25)37(29)30;17-16-18-14(12-7-3-1-4-8-12)11-15(19-16)13-9-5-2-6-10-13/h1-26H;5-19H,1-4H3;1-11H. The van der Waals surface area contributed by atoms with Crippen LogP contribution < -0.4 is 5.46 Å². The Labute approximate surface area is 614 Å². The molecule has 14 nitrogen and oxygen atoms in total. The number of halogens is 1. The quantitative estimate of drug-likeness (QED) is 0.107. The molecule has 0 saturated carbocycles. The molecule has 1 aliphatic rings. The van der Waals surface area contributed by atoms with Crippen LogP contribution in [-0.2, 0) is 9.31 Å². The Morgan fingerprint density at radius 2 is 0.623 bits per heavy atom. The summed E-state index contributed by atoms with van der Waals surface area (Å²) in [7, 11) is -0.426. The minimum absolute atomic E-state index is 0.264. The van der Waals surface area contributed by atoms with E-state index >= 15 is 0 Å². The van der Waals surface area contributed by atoms with Gasteiger partial charge in [-0.05, 0) is 142 Å². The second kappa shape index (κ2) is 25.7. The summed E-state index contributed by atoms with van der Waals surface area (Å²) in [6, 6.07) is 108. The highest BCUT2D eigenvalue weighted by Gasteiger charge is 2.52. The smallest absolute Gasteiger partial charge is 0.399 e. The van der Waals surface area contributed by atoms with Gasteiger partial charge in [0.05, 0.1) is 89.1 Å². The second-order valence-electron chi connectivity index (χ2n) is 27.5. The predicted molar refractivity (Wildman–Crippen MR) is 430 cm³/mol. The summed E-state index contributed by atoms with van der Waals surface area (Å²) in [5, 5.41) is 6.82. The Bertz CT molecular complexity index is 6690. The molecule has 9 heterocycles. The average molecular weight is 1390 g/mol. The summed E-state index contributed by atoms with van der Waals surface area (Å²) in [6.07, 6.45) is 0. The number of nitrogens with zero attached hydrogens (tertiary/aromatic N) is 12.